The molecular weight excluding hydrogens is 232 g/mol. The molecule has 1 aliphatic rings. The summed E-state index contributed by atoms with van der Waals surface area (Å²) in [6.07, 6.45) is 4.04. The van der Waals surface area contributed by atoms with Gasteiger partial charge in [-0.3, -0.25) is 0 Å². The third kappa shape index (κ3) is 3.16. The van der Waals surface area contributed by atoms with Crippen LogP contribution in [0.1, 0.15) is 29.0 Å². The molecule has 0 spiro atoms. The van der Waals surface area contributed by atoms with E-state index in [0.29, 0.717) is 11.5 Å². The van der Waals surface area contributed by atoms with Gasteiger partial charge in [-0.15, -0.1) is 0 Å². The van der Waals surface area contributed by atoms with Crippen molar-refractivity contribution in [2.24, 2.45) is 0 Å². The highest BCUT2D eigenvalue weighted by Gasteiger charge is 2.12. The lowest BCUT2D eigenvalue weighted by atomic mass is 10.3. The lowest BCUT2D eigenvalue weighted by Gasteiger charge is -2.15. The predicted octanol–water partition coefficient (Wildman–Crippen LogP) is 0.991. The number of carboxylic acid groups (broad SMARTS) is 1. The Morgan fingerprint density at radius 1 is 1.50 bits per heavy atom. The summed E-state index contributed by atoms with van der Waals surface area (Å²) >= 11 is 0. The Hall–Kier alpha value is -1.69. The maximum Gasteiger partial charge on any atom is 0.356 e. The molecule has 1 aromatic heterocycles. The van der Waals surface area contributed by atoms with E-state index in [2.05, 4.69) is 20.2 Å². The van der Waals surface area contributed by atoms with Crippen molar-refractivity contribution in [2.45, 2.75) is 19.8 Å². The molecule has 0 saturated carbocycles. The topological polar surface area (TPSA) is 78.4 Å². The van der Waals surface area contributed by atoms with Crippen LogP contribution >= 0.6 is 0 Å². The van der Waals surface area contributed by atoms with Crippen LogP contribution in [0.15, 0.2) is 6.20 Å². The highest BCUT2D eigenvalue weighted by atomic mass is 16.4. The van der Waals surface area contributed by atoms with Gasteiger partial charge >= 0.3 is 5.97 Å². The fraction of sp³-hybridized carbons (Fsp3) is 0.583. The molecule has 0 radical (unpaired) electrons. The Morgan fingerprint density at radius 2 is 2.22 bits per heavy atom. The summed E-state index contributed by atoms with van der Waals surface area (Å²) in [5, 5.41) is 12.0. The van der Waals surface area contributed by atoms with Crippen LogP contribution in [0.3, 0.4) is 0 Å². The summed E-state index contributed by atoms with van der Waals surface area (Å²) < 4.78 is 0. The number of aromatic carboxylic acids is 1. The minimum absolute atomic E-state index is 0.0140. The second-order valence-electron chi connectivity index (χ2n) is 4.47. The van der Waals surface area contributed by atoms with Crippen molar-refractivity contribution in [3.05, 3.63) is 17.6 Å². The molecule has 1 saturated heterocycles. The van der Waals surface area contributed by atoms with Crippen LogP contribution in [0.5, 0.6) is 0 Å². The van der Waals surface area contributed by atoms with E-state index in [4.69, 9.17) is 5.11 Å². The van der Waals surface area contributed by atoms with Crippen LogP contribution in [-0.2, 0) is 0 Å². The van der Waals surface area contributed by atoms with Gasteiger partial charge in [0.1, 0.15) is 5.82 Å². The van der Waals surface area contributed by atoms with Gasteiger partial charge in [0.05, 0.1) is 11.9 Å². The maximum absolute atomic E-state index is 10.8. The van der Waals surface area contributed by atoms with Crippen LogP contribution in [-0.4, -0.2) is 52.1 Å². The van der Waals surface area contributed by atoms with Crippen molar-refractivity contribution in [2.75, 3.05) is 31.5 Å². The van der Waals surface area contributed by atoms with Crippen molar-refractivity contribution in [3.63, 3.8) is 0 Å². The van der Waals surface area contributed by atoms with E-state index in [0.717, 1.165) is 13.1 Å². The molecule has 6 heteroatoms. The molecule has 2 heterocycles. The number of aryl methyl sites for hydroxylation is 1. The molecule has 6 nitrogen and oxygen atoms in total. The number of hydrogen-bond acceptors (Lipinski definition) is 5. The lowest BCUT2D eigenvalue weighted by molar-refractivity contribution is 0.0689. The van der Waals surface area contributed by atoms with Crippen LogP contribution in [0.4, 0.5) is 5.82 Å². The summed E-state index contributed by atoms with van der Waals surface area (Å²) in [7, 11) is 0. The van der Waals surface area contributed by atoms with E-state index in [1.54, 1.807) is 6.92 Å². The Kier molecular flexibility index (Phi) is 4.09. The van der Waals surface area contributed by atoms with Crippen LogP contribution in [0, 0.1) is 6.92 Å². The van der Waals surface area contributed by atoms with Crippen LogP contribution < -0.4 is 5.32 Å². The molecular formula is C12H18N4O2. The Labute approximate surface area is 106 Å². The van der Waals surface area contributed by atoms with Gasteiger partial charge in [0.15, 0.2) is 5.69 Å². The van der Waals surface area contributed by atoms with Crippen molar-refractivity contribution in [1.29, 1.82) is 0 Å². The van der Waals surface area contributed by atoms with E-state index >= 15 is 0 Å². The molecule has 18 heavy (non-hydrogen) atoms. The SMILES string of the molecule is Cc1nc(NCCN2CCCC2)cnc1C(=O)O. The fourth-order valence-corrected chi connectivity index (χ4v) is 2.13. The number of rotatable bonds is 5. The smallest absolute Gasteiger partial charge is 0.356 e. The first-order valence-electron chi connectivity index (χ1n) is 6.20. The summed E-state index contributed by atoms with van der Waals surface area (Å²) in [6, 6.07) is 0. The monoisotopic (exact) mass is 250 g/mol. The van der Waals surface area contributed by atoms with Gasteiger partial charge in [-0.05, 0) is 32.9 Å². The number of nitrogens with one attached hydrogen (secondary N) is 1. The molecule has 0 amide bonds. The normalized spacial score (nSPS) is 15.8. The first-order chi connectivity index (χ1) is 8.66. The van der Waals surface area contributed by atoms with E-state index in [-0.39, 0.29) is 5.69 Å². The second-order valence-corrected chi connectivity index (χ2v) is 4.47. The summed E-state index contributed by atoms with van der Waals surface area (Å²) in [5.74, 6) is -0.402. The van der Waals surface area contributed by atoms with Crippen molar-refractivity contribution < 1.29 is 9.90 Å². The van der Waals surface area contributed by atoms with E-state index < -0.39 is 5.97 Å². The fourth-order valence-electron chi connectivity index (χ4n) is 2.13. The first kappa shape index (κ1) is 12.8. The zero-order chi connectivity index (χ0) is 13.0. The minimum atomic E-state index is -1.04. The molecule has 98 valence electrons. The van der Waals surface area contributed by atoms with E-state index in [1.165, 1.54) is 32.1 Å². The highest BCUT2D eigenvalue weighted by molar-refractivity contribution is 5.86. The van der Waals surface area contributed by atoms with E-state index in [9.17, 15) is 4.79 Å². The molecule has 1 aromatic rings. The quantitative estimate of drug-likeness (QED) is 0.811. The summed E-state index contributed by atoms with van der Waals surface area (Å²) in [6.45, 7) is 5.79. The zero-order valence-corrected chi connectivity index (χ0v) is 10.5. The van der Waals surface area contributed by atoms with Gasteiger partial charge in [0, 0.05) is 13.1 Å². The Balaban J connectivity index is 1.85. The largest absolute Gasteiger partial charge is 0.476 e. The predicted molar refractivity (Wildman–Crippen MR) is 67.9 cm³/mol. The summed E-state index contributed by atoms with van der Waals surface area (Å²) in [4.78, 5) is 21.3. The summed E-state index contributed by atoms with van der Waals surface area (Å²) in [5.41, 5.74) is 0.453. The minimum Gasteiger partial charge on any atom is -0.476 e. The molecule has 2 rings (SSSR count). The zero-order valence-electron chi connectivity index (χ0n) is 10.5. The number of likely N-dealkylation sites (tertiary alicyclic amines) is 1. The first-order valence-corrected chi connectivity index (χ1v) is 6.20. The van der Waals surface area contributed by atoms with Gasteiger partial charge in [0.25, 0.3) is 0 Å². The van der Waals surface area contributed by atoms with Gasteiger partial charge < -0.3 is 15.3 Å². The highest BCUT2D eigenvalue weighted by Crippen LogP contribution is 2.08. The molecule has 1 aliphatic heterocycles. The number of aromatic nitrogens is 2. The van der Waals surface area contributed by atoms with Crippen LogP contribution in [0.2, 0.25) is 0 Å². The molecule has 0 atom stereocenters. The number of carbonyl (C=O) groups is 1. The average molecular weight is 250 g/mol. The molecule has 0 aromatic carbocycles. The third-order valence-electron chi connectivity index (χ3n) is 3.08. The lowest BCUT2D eigenvalue weighted by Crippen LogP contribution is -2.26. The van der Waals surface area contributed by atoms with Crippen molar-refractivity contribution in [3.8, 4) is 0 Å². The molecule has 0 unspecified atom stereocenters. The van der Waals surface area contributed by atoms with Gasteiger partial charge in [-0.25, -0.2) is 14.8 Å². The number of hydrogen-bond donors (Lipinski definition) is 2. The van der Waals surface area contributed by atoms with Gasteiger partial charge in [-0.2, -0.15) is 0 Å². The molecule has 0 bridgehead atoms. The maximum atomic E-state index is 10.8. The number of anilines is 1. The van der Waals surface area contributed by atoms with Crippen molar-refractivity contribution in [1.82, 2.24) is 14.9 Å². The number of nitrogens with zero attached hydrogens (tertiary/aromatic N) is 3. The Bertz CT molecular complexity index is 430. The standard InChI is InChI=1S/C12H18N4O2/c1-9-11(12(17)18)14-8-10(15-9)13-4-7-16-5-2-3-6-16/h8H,2-7H2,1H3,(H,13,15)(H,17,18). The third-order valence-corrected chi connectivity index (χ3v) is 3.08. The number of carboxylic acids is 1. The van der Waals surface area contributed by atoms with Crippen molar-refractivity contribution >= 4 is 11.8 Å². The van der Waals surface area contributed by atoms with E-state index in [1.807, 2.05) is 0 Å². The molecule has 2 N–H and O–H groups in total. The molecule has 0 aliphatic carbocycles. The van der Waals surface area contributed by atoms with Crippen LogP contribution in [0.25, 0.3) is 0 Å². The average Bonchev–Trinajstić information content (AvgIpc) is 2.81. The van der Waals surface area contributed by atoms with Gasteiger partial charge in [0.2, 0.25) is 0 Å². The van der Waals surface area contributed by atoms with Gasteiger partial charge in [-0.1, -0.05) is 0 Å². The molecule has 1 fully saturated rings. The Morgan fingerprint density at radius 3 is 2.83 bits per heavy atom. The second kappa shape index (κ2) is 5.77.